The van der Waals surface area contributed by atoms with Gasteiger partial charge >= 0.3 is 0 Å². The number of carbonyl (C=O) groups excluding carboxylic acids is 1. The standard InChI is InChI=1S/C18H20BrNO/c1-3-12-20(13-15-6-4-14(2)5-7-15)18(21)16-8-10-17(19)11-9-16/h4-11H,3,12-13H2,1-2H3. The maximum atomic E-state index is 12.6. The van der Waals surface area contributed by atoms with Crippen LogP contribution in [0.25, 0.3) is 0 Å². The number of halogens is 1. The SMILES string of the molecule is CCCN(Cc1ccc(C)cc1)C(=O)c1ccc(Br)cc1. The predicted molar refractivity (Wildman–Crippen MR) is 90.4 cm³/mol. The third-order valence-corrected chi connectivity index (χ3v) is 3.89. The highest BCUT2D eigenvalue weighted by Crippen LogP contribution is 2.15. The average Bonchev–Trinajstić information content (AvgIpc) is 2.49. The van der Waals surface area contributed by atoms with E-state index in [2.05, 4.69) is 54.0 Å². The Morgan fingerprint density at radius 3 is 2.24 bits per heavy atom. The fourth-order valence-corrected chi connectivity index (χ4v) is 2.48. The molecule has 0 fully saturated rings. The summed E-state index contributed by atoms with van der Waals surface area (Å²) >= 11 is 3.40. The number of aryl methyl sites for hydroxylation is 1. The van der Waals surface area contributed by atoms with Crippen LogP contribution in [0.5, 0.6) is 0 Å². The summed E-state index contributed by atoms with van der Waals surface area (Å²) in [6, 6.07) is 15.9. The molecule has 0 saturated carbocycles. The number of amides is 1. The monoisotopic (exact) mass is 345 g/mol. The van der Waals surface area contributed by atoms with Gasteiger partial charge in [0, 0.05) is 23.1 Å². The molecule has 0 atom stereocenters. The van der Waals surface area contributed by atoms with Gasteiger partial charge in [0.25, 0.3) is 5.91 Å². The van der Waals surface area contributed by atoms with Crippen LogP contribution in [0.1, 0.15) is 34.8 Å². The minimum Gasteiger partial charge on any atom is -0.334 e. The quantitative estimate of drug-likeness (QED) is 0.761. The van der Waals surface area contributed by atoms with Gasteiger partial charge in [0.15, 0.2) is 0 Å². The topological polar surface area (TPSA) is 20.3 Å². The van der Waals surface area contributed by atoms with Crippen molar-refractivity contribution in [1.29, 1.82) is 0 Å². The van der Waals surface area contributed by atoms with E-state index in [-0.39, 0.29) is 5.91 Å². The zero-order chi connectivity index (χ0) is 15.2. The highest BCUT2D eigenvalue weighted by molar-refractivity contribution is 9.10. The fraction of sp³-hybridized carbons (Fsp3) is 0.278. The number of hydrogen-bond donors (Lipinski definition) is 0. The van der Waals surface area contributed by atoms with E-state index in [1.54, 1.807) is 0 Å². The maximum Gasteiger partial charge on any atom is 0.254 e. The van der Waals surface area contributed by atoms with Gasteiger partial charge in [-0.15, -0.1) is 0 Å². The summed E-state index contributed by atoms with van der Waals surface area (Å²) in [6.07, 6.45) is 0.953. The number of rotatable bonds is 5. The van der Waals surface area contributed by atoms with Crippen LogP contribution in [0, 0.1) is 6.92 Å². The summed E-state index contributed by atoms with van der Waals surface area (Å²) in [7, 11) is 0. The Morgan fingerprint density at radius 2 is 1.67 bits per heavy atom. The molecule has 0 unspecified atom stereocenters. The molecule has 2 nitrogen and oxygen atoms in total. The summed E-state index contributed by atoms with van der Waals surface area (Å²) in [4.78, 5) is 14.5. The minimum absolute atomic E-state index is 0.0879. The van der Waals surface area contributed by atoms with Gasteiger partial charge in [0.05, 0.1) is 0 Å². The molecular weight excluding hydrogens is 326 g/mol. The van der Waals surface area contributed by atoms with E-state index in [0.29, 0.717) is 6.54 Å². The molecule has 0 saturated heterocycles. The molecular formula is C18H20BrNO. The van der Waals surface area contributed by atoms with Crippen molar-refractivity contribution in [3.63, 3.8) is 0 Å². The van der Waals surface area contributed by atoms with Crippen LogP contribution < -0.4 is 0 Å². The van der Waals surface area contributed by atoms with E-state index in [1.807, 2.05) is 29.2 Å². The van der Waals surface area contributed by atoms with Gasteiger partial charge < -0.3 is 4.90 Å². The molecule has 0 aromatic heterocycles. The van der Waals surface area contributed by atoms with Gasteiger partial charge in [-0.2, -0.15) is 0 Å². The molecule has 0 bridgehead atoms. The van der Waals surface area contributed by atoms with Crippen molar-refractivity contribution in [2.24, 2.45) is 0 Å². The highest BCUT2D eigenvalue weighted by Gasteiger charge is 2.15. The second-order valence-corrected chi connectivity index (χ2v) is 6.13. The Hall–Kier alpha value is -1.61. The van der Waals surface area contributed by atoms with Crippen molar-refractivity contribution in [2.75, 3.05) is 6.54 Å². The van der Waals surface area contributed by atoms with Crippen LogP contribution in [-0.4, -0.2) is 17.4 Å². The average molecular weight is 346 g/mol. The molecule has 21 heavy (non-hydrogen) atoms. The molecule has 110 valence electrons. The van der Waals surface area contributed by atoms with E-state index < -0.39 is 0 Å². The van der Waals surface area contributed by atoms with Gasteiger partial charge in [-0.3, -0.25) is 4.79 Å². The number of hydrogen-bond acceptors (Lipinski definition) is 1. The van der Waals surface area contributed by atoms with Crippen molar-refractivity contribution >= 4 is 21.8 Å². The summed E-state index contributed by atoms with van der Waals surface area (Å²) in [5, 5.41) is 0. The summed E-state index contributed by atoms with van der Waals surface area (Å²) in [5.74, 6) is 0.0879. The molecule has 0 aliphatic rings. The van der Waals surface area contributed by atoms with E-state index in [0.717, 1.165) is 23.0 Å². The van der Waals surface area contributed by atoms with Crippen LogP contribution in [0.2, 0.25) is 0 Å². The van der Waals surface area contributed by atoms with Gasteiger partial charge in [0.1, 0.15) is 0 Å². The zero-order valence-corrected chi connectivity index (χ0v) is 14.1. The molecule has 2 rings (SSSR count). The van der Waals surface area contributed by atoms with Crippen LogP contribution >= 0.6 is 15.9 Å². The first kappa shape index (κ1) is 15.8. The summed E-state index contributed by atoms with van der Waals surface area (Å²) in [6.45, 7) is 5.59. The van der Waals surface area contributed by atoms with Crippen molar-refractivity contribution in [2.45, 2.75) is 26.8 Å². The first-order chi connectivity index (χ1) is 10.1. The Kier molecular flexibility index (Phi) is 5.57. The molecule has 0 radical (unpaired) electrons. The molecule has 2 aromatic carbocycles. The molecule has 0 N–H and O–H groups in total. The second-order valence-electron chi connectivity index (χ2n) is 5.22. The van der Waals surface area contributed by atoms with Crippen molar-refractivity contribution in [1.82, 2.24) is 4.90 Å². The minimum atomic E-state index is 0.0879. The smallest absolute Gasteiger partial charge is 0.254 e. The predicted octanol–water partition coefficient (Wildman–Crippen LogP) is 4.81. The van der Waals surface area contributed by atoms with Crippen LogP contribution in [0.3, 0.4) is 0 Å². The van der Waals surface area contributed by atoms with E-state index >= 15 is 0 Å². The van der Waals surface area contributed by atoms with Gasteiger partial charge in [-0.1, -0.05) is 52.7 Å². The highest BCUT2D eigenvalue weighted by atomic mass is 79.9. The molecule has 3 heteroatoms. The van der Waals surface area contributed by atoms with Crippen molar-refractivity contribution in [3.05, 3.63) is 69.7 Å². The first-order valence-corrected chi connectivity index (χ1v) is 8.00. The lowest BCUT2D eigenvalue weighted by molar-refractivity contribution is 0.0743. The summed E-state index contributed by atoms with van der Waals surface area (Å²) < 4.78 is 0.986. The second kappa shape index (κ2) is 7.41. The van der Waals surface area contributed by atoms with Gasteiger partial charge in [0.2, 0.25) is 0 Å². The van der Waals surface area contributed by atoms with E-state index in [4.69, 9.17) is 0 Å². The third kappa shape index (κ3) is 4.43. The molecule has 0 aliphatic heterocycles. The van der Waals surface area contributed by atoms with Crippen LogP contribution in [0.15, 0.2) is 53.0 Å². The largest absolute Gasteiger partial charge is 0.334 e. The van der Waals surface area contributed by atoms with Crippen LogP contribution in [-0.2, 0) is 6.54 Å². The van der Waals surface area contributed by atoms with Gasteiger partial charge in [-0.05, 0) is 43.2 Å². The van der Waals surface area contributed by atoms with Crippen LogP contribution in [0.4, 0.5) is 0 Å². The van der Waals surface area contributed by atoms with E-state index in [1.165, 1.54) is 11.1 Å². The molecule has 0 spiro atoms. The Labute approximate surface area is 134 Å². The van der Waals surface area contributed by atoms with Crippen molar-refractivity contribution < 1.29 is 4.79 Å². The zero-order valence-electron chi connectivity index (χ0n) is 12.5. The third-order valence-electron chi connectivity index (χ3n) is 3.37. The Morgan fingerprint density at radius 1 is 1.05 bits per heavy atom. The number of carbonyl (C=O) groups is 1. The lowest BCUT2D eigenvalue weighted by atomic mass is 10.1. The molecule has 0 heterocycles. The fourth-order valence-electron chi connectivity index (χ4n) is 2.21. The number of benzene rings is 2. The Bertz CT molecular complexity index is 590. The number of nitrogens with zero attached hydrogens (tertiary/aromatic N) is 1. The Balaban J connectivity index is 2.15. The summed E-state index contributed by atoms with van der Waals surface area (Å²) in [5.41, 5.74) is 3.14. The maximum absolute atomic E-state index is 12.6. The van der Waals surface area contributed by atoms with Gasteiger partial charge in [-0.25, -0.2) is 0 Å². The molecule has 1 amide bonds. The van der Waals surface area contributed by atoms with E-state index in [9.17, 15) is 4.79 Å². The van der Waals surface area contributed by atoms with Crippen molar-refractivity contribution in [3.8, 4) is 0 Å². The lowest BCUT2D eigenvalue weighted by Gasteiger charge is -2.22. The molecule has 2 aromatic rings. The lowest BCUT2D eigenvalue weighted by Crippen LogP contribution is -2.31. The molecule has 0 aliphatic carbocycles. The first-order valence-electron chi connectivity index (χ1n) is 7.20. The normalized spacial score (nSPS) is 10.4.